The lowest BCUT2D eigenvalue weighted by molar-refractivity contribution is 0.252. The average Bonchev–Trinajstić information content (AvgIpc) is 3.08. The van der Waals surface area contributed by atoms with Crippen molar-refractivity contribution >= 4 is 22.8 Å². The summed E-state index contributed by atoms with van der Waals surface area (Å²) in [6, 6.07) is 5.00. The molecule has 4 rings (SSSR count). The lowest BCUT2D eigenvalue weighted by atomic mass is 10.1. The summed E-state index contributed by atoms with van der Waals surface area (Å²) in [6.07, 6.45) is 8.59. The Morgan fingerprint density at radius 2 is 1.87 bits per heavy atom. The summed E-state index contributed by atoms with van der Waals surface area (Å²) in [7, 11) is 1.70. The Hall–Kier alpha value is -4.01. The Kier molecular flexibility index (Phi) is 5.01. The molecule has 30 heavy (non-hydrogen) atoms. The molecular weight excluding hydrogens is 382 g/mol. The number of hydrogen-bond acceptors (Lipinski definition) is 5. The Bertz CT molecular complexity index is 1290. The first kappa shape index (κ1) is 19.3. The number of urea groups is 1. The van der Waals surface area contributed by atoms with E-state index in [1.54, 1.807) is 48.7 Å². The molecule has 0 radical (unpaired) electrons. The molecule has 9 heteroatoms. The van der Waals surface area contributed by atoms with Gasteiger partial charge in [0.2, 0.25) is 5.95 Å². The molecule has 0 aromatic carbocycles. The molecule has 2 amide bonds. The van der Waals surface area contributed by atoms with E-state index in [2.05, 4.69) is 25.6 Å². The monoisotopic (exact) mass is 403 g/mol. The van der Waals surface area contributed by atoms with Gasteiger partial charge in [-0.05, 0) is 37.1 Å². The summed E-state index contributed by atoms with van der Waals surface area (Å²) in [5.74, 6) is 0.456. The van der Waals surface area contributed by atoms with E-state index in [0.29, 0.717) is 29.2 Å². The second-order valence-corrected chi connectivity index (χ2v) is 6.91. The van der Waals surface area contributed by atoms with Crippen molar-refractivity contribution in [1.29, 1.82) is 0 Å². The third-order valence-electron chi connectivity index (χ3n) is 4.65. The molecule has 0 aliphatic rings. The Balaban J connectivity index is 1.88. The van der Waals surface area contributed by atoms with Crippen LogP contribution in [-0.4, -0.2) is 36.7 Å². The molecule has 0 unspecified atom stereocenters. The summed E-state index contributed by atoms with van der Waals surface area (Å²) in [6.45, 7) is 4.26. The van der Waals surface area contributed by atoms with Gasteiger partial charge in [0.25, 0.3) is 5.56 Å². The number of aryl methyl sites for hydroxylation is 2. The first-order valence-electron chi connectivity index (χ1n) is 9.48. The summed E-state index contributed by atoms with van der Waals surface area (Å²) in [5, 5.41) is 5.53. The van der Waals surface area contributed by atoms with Crippen molar-refractivity contribution in [2.75, 3.05) is 11.9 Å². The largest absolute Gasteiger partial charge is 0.338 e. The molecule has 152 valence electrons. The minimum atomic E-state index is -0.321. The van der Waals surface area contributed by atoms with E-state index < -0.39 is 0 Å². The van der Waals surface area contributed by atoms with Crippen LogP contribution in [0, 0.1) is 6.92 Å². The molecule has 0 fully saturated rings. The normalized spacial score (nSPS) is 10.9. The van der Waals surface area contributed by atoms with E-state index in [1.165, 1.54) is 4.57 Å². The second-order valence-electron chi connectivity index (χ2n) is 6.91. The predicted molar refractivity (Wildman–Crippen MR) is 115 cm³/mol. The molecule has 0 spiro atoms. The number of hydrogen-bond donors (Lipinski definition) is 2. The minimum Gasteiger partial charge on any atom is -0.338 e. The molecule has 0 aliphatic carbocycles. The number of anilines is 1. The third kappa shape index (κ3) is 3.64. The zero-order chi connectivity index (χ0) is 21.3. The van der Waals surface area contributed by atoms with Crippen LogP contribution in [0.15, 0.2) is 54.0 Å². The van der Waals surface area contributed by atoms with Crippen molar-refractivity contribution in [3.8, 4) is 17.1 Å². The fraction of sp³-hybridized carbons (Fsp3) is 0.190. The lowest BCUT2D eigenvalue weighted by Gasteiger charge is -2.06. The van der Waals surface area contributed by atoms with Crippen LogP contribution in [0.5, 0.6) is 0 Å². The van der Waals surface area contributed by atoms with Gasteiger partial charge >= 0.3 is 6.03 Å². The number of rotatable bonds is 4. The van der Waals surface area contributed by atoms with Crippen LogP contribution in [0.1, 0.15) is 12.5 Å². The third-order valence-corrected chi connectivity index (χ3v) is 4.65. The Labute approximate surface area is 172 Å². The van der Waals surface area contributed by atoms with Gasteiger partial charge in [-0.3, -0.25) is 14.3 Å². The predicted octanol–water partition coefficient (Wildman–Crippen LogP) is 2.63. The van der Waals surface area contributed by atoms with Crippen molar-refractivity contribution < 1.29 is 4.79 Å². The smallest absolute Gasteiger partial charge is 0.319 e. The van der Waals surface area contributed by atoms with Crippen LogP contribution in [0.2, 0.25) is 0 Å². The number of nitrogens with one attached hydrogen (secondary N) is 2. The molecule has 2 N–H and O–H groups in total. The van der Waals surface area contributed by atoms with Gasteiger partial charge in [0.05, 0.1) is 11.2 Å². The Morgan fingerprint density at radius 3 is 2.57 bits per heavy atom. The first-order valence-corrected chi connectivity index (χ1v) is 9.48. The number of pyridine rings is 2. The van der Waals surface area contributed by atoms with Gasteiger partial charge in [0.1, 0.15) is 5.52 Å². The molecule has 0 aliphatic heterocycles. The van der Waals surface area contributed by atoms with Gasteiger partial charge < -0.3 is 15.2 Å². The molecule has 0 bridgehead atoms. The van der Waals surface area contributed by atoms with Gasteiger partial charge in [-0.2, -0.15) is 0 Å². The highest BCUT2D eigenvalue weighted by Crippen LogP contribution is 2.29. The molecule has 0 saturated heterocycles. The summed E-state index contributed by atoms with van der Waals surface area (Å²) < 4.78 is 3.28. The van der Waals surface area contributed by atoms with Gasteiger partial charge in [-0.25, -0.2) is 14.8 Å². The topological polar surface area (TPSA) is 107 Å². The maximum atomic E-state index is 12.1. The average molecular weight is 403 g/mol. The van der Waals surface area contributed by atoms with E-state index >= 15 is 0 Å². The number of amides is 2. The maximum Gasteiger partial charge on any atom is 0.319 e. The molecule has 4 aromatic heterocycles. The summed E-state index contributed by atoms with van der Waals surface area (Å²) in [4.78, 5) is 37.5. The number of carbonyl (C=O) groups is 1. The van der Waals surface area contributed by atoms with Crippen LogP contribution in [-0.2, 0) is 7.05 Å². The lowest BCUT2D eigenvalue weighted by Crippen LogP contribution is -2.28. The van der Waals surface area contributed by atoms with E-state index in [-0.39, 0.29) is 11.6 Å². The number of carbonyl (C=O) groups excluding carboxylic acids is 1. The zero-order valence-corrected chi connectivity index (χ0v) is 16.9. The van der Waals surface area contributed by atoms with Gasteiger partial charge in [0.15, 0.2) is 0 Å². The number of aromatic nitrogens is 5. The molecule has 0 atom stereocenters. The van der Waals surface area contributed by atoms with Crippen molar-refractivity contribution in [2.24, 2.45) is 7.05 Å². The molecule has 4 aromatic rings. The molecule has 4 heterocycles. The first-order chi connectivity index (χ1) is 14.5. The van der Waals surface area contributed by atoms with Crippen molar-refractivity contribution in [2.45, 2.75) is 13.8 Å². The molecule has 0 saturated carbocycles. The van der Waals surface area contributed by atoms with Crippen molar-refractivity contribution in [1.82, 2.24) is 29.4 Å². The second kappa shape index (κ2) is 7.78. The molecule has 9 nitrogen and oxygen atoms in total. The Morgan fingerprint density at radius 1 is 1.10 bits per heavy atom. The van der Waals surface area contributed by atoms with E-state index in [1.807, 2.05) is 26.0 Å². The van der Waals surface area contributed by atoms with Gasteiger partial charge in [-0.1, -0.05) is 0 Å². The number of fused-ring (bicyclic) bond motifs is 1. The highest BCUT2D eigenvalue weighted by molar-refractivity contribution is 6.00. The van der Waals surface area contributed by atoms with Gasteiger partial charge in [0, 0.05) is 56.2 Å². The molecular formula is C21H21N7O2. The van der Waals surface area contributed by atoms with Crippen LogP contribution in [0.25, 0.3) is 28.1 Å². The zero-order valence-electron chi connectivity index (χ0n) is 16.9. The van der Waals surface area contributed by atoms with E-state index in [4.69, 9.17) is 0 Å². The van der Waals surface area contributed by atoms with Crippen LogP contribution in [0.3, 0.4) is 0 Å². The van der Waals surface area contributed by atoms with Crippen LogP contribution in [0.4, 0.5) is 10.5 Å². The van der Waals surface area contributed by atoms with Crippen LogP contribution < -0.4 is 16.2 Å². The maximum absolute atomic E-state index is 12.1. The number of nitrogens with zero attached hydrogens (tertiary/aromatic N) is 5. The summed E-state index contributed by atoms with van der Waals surface area (Å²) >= 11 is 0. The van der Waals surface area contributed by atoms with Crippen molar-refractivity contribution in [3.05, 3.63) is 65.1 Å². The SMILES string of the molecule is CCNC(=O)Nc1cn(-c2ncc(C)cn2)c2cc(-c3ccn(C)c(=O)c3)cnc12. The fourth-order valence-electron chi connectivity index (χ4n) is 3.08. The minimum absolute atomic E-state index is 0.108. The quantitative estimate of drug-likeness (QED) is 0.545. The highest BCUT2D eigenvalue weighted by Gasteiger charge is 2.16. The summed E-state index contributed by atoms with van der Waals surface area (Å²) in [5.41, 5.74) is 4.20. The fourth-order valence-corrected chi connectivity index (χ4v) is 3.08. The van der Waals surface area contributed by atoms with Gasteiger partial charge in [-0.15, -0.1) is 0 Å². The van der Waals surface area contributed by atoms with Crippen molar-refractivity contribution in [3.63, 3.8) is 0 Å². The van der Waals surface area contributed by atoms with Crippen LogP contribution >= 0.6 is 0 Å². The highest BCUT2D eigenvalue weighted by atomic mass is 16.2. The standard InChI is InChI=1S/C21H21N7O2/c1-4-22-21(30)26-16-12-28(20-24-9-13(2)10-25-20)17-7-15(11-23-19(16)17)14-5-6-27(3)18(29)8-14/h5-12H,4H2,1-3H3,(H2,22,26,30). The van der Waals surface area contributed by atoms with E-state index in [0.717, 1.165) is 16.7 Å². The van der Waals surface area contributed by atoms with E-state index in [9.17, 15) is 9.59 Å².